The second kappa shape index (κ2) is 8.65. The van der Waals surface area contributed by atoms with E-state index in [2.05, 4.69) is 40.5 Å². The quantitative estimate of drug-likeness (QED) is 0.574. The number of Topliss-reactive ketones (excluding diaryl/α,β-unsaturated/α-hetero) is 1. The van der Waals surface area contributed by atoms with Crippen LogP contribution in [0.1, 0.15) is 58.7 Å². The molecule has 3 aromatic rings. The molecule has 0 fully saturated rings. The molecule has 0 aliphatic heterocycles. The zero-order valence-electron chi connectivity index (χ0n) is 17.0. The Bertz CT molecular complexity index is 1040. The third kappa shape index (κ3) is 4.85. The fourth-order valence-corrected chi connectivity index (χ4v) is 3.00. The maximum absolute atomic E-state index is 12.6. The third-order valence-corrected chi connectivity index (χ3v) is 4.63. The van der Waals surface area contributed by atoms with Gasteiger partial charge in [-0.3, -0.25) is 9.59 Å². The average Bonchev–Trinajstić information content (AvgIpc) is 2.70. The second-order valence-corrected chi connectivity index (χ2v) is 7.19. The Morgan fingerprint density at radius 2 is 1.72 bits per heavy atom. The predicted molar refractivity (Wildman–Crippen MR) is 115 cm³/mol. The number of benzene rings is 2. The highest BCUT2D eigenvalue weighted by Crippen LogP contribution is 2.29. The Morgan fingerprint density at radius 3 is 2.38 bits per heavy atom. The van der Waals surface area contributed by atoms with Gasteiger partial charge in [0.15, 0.2) is 5.78 Å². The van der Waals surface area contributed by atoms with Gasteiger partial charge in [-0.25, -0.2) is 9.97 Å². The van der Waals surface area contributed by atoms with Gasteiger partial charge < -0.3 is 10.6 Å². The Balaban J connectivity index is 1.79. The first-order valence-corrected chi connectivity index (χ1v) is 9.46. The fraction of sp³-hybridized carbons (Fsp3) is 0.217. The number of rotatable bonds is 6. The van der Waals surface area contributed by atoms with Gasteiger partial charge in [0.1, 0.15) is 17.8 Å². The summed E-state index contributed by atoms with van der Waals surface area (Å²) >= 11 is 0. The Kier molecular flexibility index (Phi) is 6.02. The van der Waals surface area contributed by atoms with Crippen LogP contribution in [0.15, 0.2) is 54.9 Å². The molecule has 1 heterocycles. The zero-order valence-corrected chi connectivity index (χ0v) is 17.0. The molecule has 0 aliphatic rings. The van der Waals surface area contributed by atoms with Gasteiger partial charge in [-0.1, -0.05) is 32.0 Å². The molecule has 3 rings (SSSR count). The van der Waals surface area contributed by atoms with Crippen LogP contribution in [0.3, 0.4) is 0 Å². The number of amides is 1. The summed E-state index contributed by atoms with van der Waals surface area (Å²) in [6, 6.07) is 14.5. The van der Waals surface area contributed by atoms with Crippen LogP contribution in [-0.4, -0.2) is 21.7 Å². The first-order valence-electron chi connectivity index (χ1n) is 9.46. The highest BCUT2D eigenvalue weighted by molar-refractivity contribution is 6.03. The van der Waals surface area contributed by atoms with Crippen LogP contribution in [0.4, 0.5) is 17.2 Å². The van der Waals surface area contributed by atoms with Gasteiger partial charge in [-0.2, -0.15) is 0 Å². The Labute approximate surface area is 170 Å². The van der Waals surface area contributed by atoms with Gasteiger partial charge in [0, 0.05) is 23.0 Å². The van der Waals surface area contributed by atoms with Crippen LogP contribution in [0.2, 0.25) is 0 Å². The van der Waals surface area contributed by atoms with E-state index in [-0.39, 0.29) is 17.4 Å². The van der Waals surface area contributed by atoms with Crippen molar-refractivity contribution in [2.24, 2.45) is 0 Å². The van der Waals surface area contributed by atoms with Crippen LogP contribution in [0.5, 0.6) is 0 Å². The summed E-state index contributed by atoms with van der Waals surface area (Å²) in [7, 11) is 0. The van der Waals surface area contributed by atoms with E-state index in [1.807, 2.05) is 19.1 Å². The average molecular weight is 388 g/mol. The van der Waals surface area contributed by atoms with Crippen molar-refractivity contribution < 1.29 is 9.59 Å². The third-order valence-electron chi connectivity index (χ3n) is 4.63. The van der Waals surface area contributed by atoms with E-state index in [0.29, 0.717) is 23.0 Å². The molecule has 6 nitrogen and oxygen atoms in total. The first-order chi connectivity index (χ1) is 13.8. The molecule has 148 valence electrons. The molecule has 2 aromatic carbocycles. The summed E-state index contributed by atoms with van der Waals surface area (Å²) in [5, 5.41) is 6.12. The van der Waals surface area contributed by atoms with E-state index >= 15 is 0 Å². The SMILES string of the molecule is CC(=O)c1ccc(NC(=O)c2cc(Nc3c(C)cccc3C(C)C)ncn2)cc1. The number of aryl methyl sites for hydroxylation is 1. The molecule has 0 unspecified atom stereocenters. The molecular weight excluding hydrogens is 364 g/mol. The lowest BCUT2D eigenvalue weighted by Gasteiger charge is -2.17. The topological polar surface area (TPSA) is 84.0 Å². The molecule has 29 heavy (non-hydrogen) atoms. The maximum Gasteiger partial charge on any atom is 0.274 e. The number of carbonyl (C=O) groups excluding carboxylic acids is 2. The lowest BCUT2D eigenvalue weighted by molar-refractivity contribution is 0.101. The van der Waals surface area contributed by atoms with Crippen LogP contribution in [0, 0.1) is 6.92 Å². The summed E-state index contributed by atoms with van der Waals surface area (Å²) in [6.07, 6.45) is 1.36. The van der Waals surface area contributed by atoms with Crippen molar-refractivity contribution in [1.82, 2.24) is 9.97 Å². The minimum atomic E-state index is -0.347. The Morgan fingerprint density at radius 1 is 1.00 bits per heavy atom. The molecule has 0 saturated heterocycles. The molecule has 0 aliphatic carbocycles. The van der Waals surface area contributed by atoms with Crippen molar-refractivity contribution in [2.45, 2.75) is 33.6 Å². The van der Waals surface area contributed by atoms with Crippen molar-refractivity contribution in [1.29, 1.82) is 0 Å². The molecule has 0 radical (unpaired) electrons. The van der Waals surface area contributed by atoms with Crippen molar-refractivity contribution in [3.05, 3.63) is 77.2 Å². The van der Waals surface area contributed by atoms with Gasteiger partial charge in [0.05, 0.1) is 0 Å². The molecule has 6 heteroatoms. The van der Waals surface area contributed by atoms with Gasteiger partial charge in [-0.05, 0) is 55.2 Å². The van der Waals surface area contributed by atoms with E-state index in [4.69, 9.17) is 0 Å². The lowest BCUT2D eigenvalue weighted by atomic mass is 9.98. The van der Waals surface area contributed by atoms with E-state index in [0.717, 1.165) is 11.3 Å². The predicted octanol–water partition coefficient (Wildman–Crippen LogP) is 5.11. The highest BCUT2D eigenvalue weighted by atomic mass is 16.2. The van der Waals surface area contributed by atoms with Gasteiger partial charge in [0.25, 0.3) is 5.91 Å². The van der Waals surface area contributed by atoms with Crippen LogP contribution >= 0.6 is 0 Å². The van der Waals surface area contributed by atoms with Gasteiger partial charge >= 0.3 is 0 Å². The maximum atomic E-state index is 12.6. The number of anilines is 3. The molecule has 1 amide bonds. The van der Waals surface area contributed by atoms with Crippen LogP contribution in [0.25, 0.3) is 0 Å². The fourth-order valence-electron chi connectivity index (χ4n) is 3.00. The summed E-state index contributed by atoms with van der Waals surface area (Å²) in [6.45, 7) is 7.81. The number of aromatic nitrogens is 2. The van der Waals surface area contributed by atoms with Crippen molar-refractivity contribution in [3.63, 3.8) is 0 Å². The van der Waals surface area contributed by atoms with Crippen molar-refractivity contribution >= 4 is 28.9 Å². The second-order valence-electron chi connectivity index (χ2n) is 7.19. The van der Waals surface area contributed by atoms with E-state index in [9.17, 15) is 9.59 Å². The largest absolute Gasteiger partial charge is 0.340 e. The number of carbonyl (C=O) groups is 2. The number of hydrogen-bond acceptors (Lipinski definition) is 5. The van der Waals surface area contributed by atoms with E-state index in [1.54, 1.807) is 30.3 Å². The molecule has 0 atom stereocenters. The molecule has 0 saturated carbocycles. The lowest BCUT2D eigenvalue weighted by Crippen LogP contribution is -2.14. The number of para-hydroxylation sites is 1. The van der Waals surface area contributed by atoms with Crippen LogP contribution in [-0.2, 0) is 0 Å². The smallest absolute Gasteiger partial charge is 0.274 e. The summed E-state index contributed by atoms with van der Waals surface area (Å²) in [4.78, 5) is 32.3. The number of nitrogens with one attached hydrogen (secondary N) is 2. The Hall–Kier alpha value is -3.54. The zero-order chi connectivity index (χ0) is 21.0. The molecular formula is C23H24N4O2. The highest BCUT2D eigenvalue weighted by Gasteiger charge is 2.13. The monoisotopic (exact) mass is 388 g/mol. The van der Waals surface area contributed by atoms with E-state index in [1.165, 1.54) is 18.8 Å². The normalized spacial score (nSPS) is 10.7. The standard InChI is InChI=1S/C23H24N4O2/c1-14(2)19-7-5-6-15(3)22(19)27-21-12-20(24-13-25-21)23(29)26-18-10-8-17(9-11-18)16(4)28/h5-14H,1-4H3,(H,26,29)(H,24,25,27). The van der Waals surface area contributed by atoms with Crippen molar-refractivity contribution in [2.75, 3.05) is 10.6 Å². The number of ketones is 1. The first kappa shape index (κ1) is 20.2. The van der Waals surface area contributed by atoms with Crippen LogP contribution < -0.4 is 10.6 Å². The van der Waals surface area contributed by atoms with E-state index < -0.39 is 0 Å². The van der Waals surface area contributed by atoms with Gasteiger partial charge in [0.2, 0.25) is 0 Å². The molecule has 1 aromatic heterocycles. The summed E-state index contributed by atoms with van der Waals surface area (Å²) < 4.78 is 0. The number of nitrogens with zero attached hydrogens (tertiary/aromatic N) is 2. The van der Waals surface area contributed by atoms with Gasteiger partial charge in [-0.15, -0.1) is 0 Å². The minimum Gasteiger partial charge on any atom is -0.340 e. The minimum absolute atomic E-state index is 0.0219. The summed E-state index contributed by atoms with van der Waals surface area (Å²) in [5.41, 5.74) is 4.71. The van der Waals surface area contributed by atoms with Crippen molar-refractivity contribution in [3.8, 4) is 0 Å². The summed E-state index contributed by atoms with van der Waals surface area (Å²) in [5.74, 6) is 0.527. The molecule has 0 spiro atoms. The molecule has 0 bridgehead atoms. The number of hydrogen-bond donors (Lipinski definition) is 2. The molecule has 2 N–H and O–H groups in total.